The van der Waals surface area contributed by atoms with Crippen LogP contribution in [-0.2, 0) is 11.3 Å². The maximum absolute atomic E-state index is 11.2. The molecule has 82 valence electrons. The van der Waals surface area contributed by atoms with Crippen LogP contribution in [0.2, 0.25) is 0 Å². The van der Waals surface area contributed by atoms with Crippen molar-refractivity contribution in [2.75, 3.05) is 13.2 Å². The van der Waals surface area contributed by atoms with Crippen molar-refractivity contribution >= 4 is 5.91 Å². The van der Waals surface area contributed by atoms with E-state index in [1.165, 1.54) is 10.6 Å². The van der Waals surface area contributed by atoms with Gasteiger partial charge in [0.05, 0.1) is 6.61 Å². The smallest absolute Gasteiger partial charge is 0.250 e. The van der Waals surface area contributed by atoms with Gasteiger partial charge in [0, 0.05) is 31.8 Å². The van der Waals surface area contributed by atoms with Gasteiger partial charge in [0.2, 0.25) is 5.91 Å². The molecule has 1 aromatic heterocycles. The van der Waals surface area contributed by atoms with Gasteiger partial charge >= 0.3 is 0 Å². The molecule has 1 aromatic rings. The first kappa shape index (κ1) is 11.5. The number of aliphatic hydroxyl groups excluding tert-OH is 1. The van der Waals surface area contributed by atoms with Crippen LogP contribution >= 0.6 is 0 Å². The second-order valence-electron chi connectivity index (χ2n) is 3.06. The van der Waals surface area contributed by atoms with E-state index >= 15 is 0 Å². The molecule has 1 heterocycles. The van der Waals surface area contributed by atoms with Crippen molar-refractivity contribution in [3.05, 3.63) is 34.7 Å². The van der Waals surface area contributed by atoms with Gasteiger partial charge in [0.25, 0.3) is 5.56 Å². The lowest BCUT2D eigenvalue weighted by Crippen LogP contribution is -2.28. The minimum absolute atomic E-state index is 0.0724. The van der Waals surface area contributed by atoms with E-state index in [2.05, 4.69) is 5.32 Å². The highest BCUT2D eigenvalue weighted by Gasteiger charge is 2.01. The highest BCUT2D eigenvalue weighted by atomic mass is 16.3. The first-order valence-corrected chi connectivity index (χ1v) is 4.77. The zero-order valence-electron chi connectivity index (χ0n) is 8.35. The molecule has 0 fully saturated rings. The molecule has 1 rings (SSSR count). The number of aliphatic hydroxyl groups is 1. The number of hydrogen-bond donors (Lipinski definition) is 2. The fraction of sp³-hybridized carbons (Fsp3) is 0.400. The van der Waals surface area contributed by atoms with E-state index in [0.717, 1.165) is 0 Å². The monoisotopic (exact) mass is 210 g/mol. The number of rotatable bonds is 5. The topological polar surface area (TPSA) is 71.3 Å². The fourth-order valence-electron chi connectivity index (χ4n) is 1.15. The molecular weight excluding hydrogens is 196 g/mol. The molecule has 0 saturated carbocycles. The molecule has 0 saturated heterocycles. The largest absolute Gasteiger partial charge is 0.395 e. The van der Waals surface area contributed by atoms with Crippen LogP contribution in [0.5, 0.6) is 0 Å². The first-order chi connectivity index (χ1) is 7.24. The first-order valence-electron chi connectivity index (χ1n) is 4.77. The summed E-state index contributed by atoms with van der Waals surface area (Å²) in [5, 5.41) is 11.0. The number of nitrogens with zero attached hydrogens (tertiary/aromatic N) is 1. The van der Waals surface area contributed by atoms with Crippen LogP contribution in [0, 0.1) is 0 Å². The van der Waals surface area contributed by atoms with E-state index in [9.17, 15) is 9.59 Å². The van der Waals surface area contributed by atoms with E-state index in [-0.39, 0.29) is 31.0 Å². The van der Waals surface area contributed by atoms with Crippen molar-refractivity contribution < 1.29 is 9.90 Å². The number of aromatic nitrogens is 1. The Morgan fingerprint density at radius 2 is 2.27 bits per heavy atom. The van der Waals surface area contributed by atoms with Crippen molar-refractivity contribution in [1.29, 1.82) is 0 Å². The fourth-order valence-corrected chi connectivity index (χ4v) is 1.15. The zero-order chi connectivity index (χ0) is 11.1. The Bertz CT molecular complexity index is 373. The Morgan fingerprint density at radius 1 is 1.47 bits per heavy atom. The summed E-state index contributed by atoms with van der Waals surface area (Å²) in [6.07, 6.45) is 1.88. The van der Waals surface area contributed by atoms with Crippen molar-refractivity contribution in [1.82, 2.24) is 9.88 Å². The molecule has 0 aliphatic heterocycles. The van der Waals surface area contributed by atoms with E-state index < -0.39 is 0 Å². The van der Waals surface area contributed by atoms with Crippen LogP contribution in [0.3, 0.4) is 0 Å². The maximum atomic E-state index is 11.2. The van der Waals surface area contributed by atoms with Crippen LogP contribution in [0.4, 0.5) is 0 Å². The number of carbonyl (C=O) groups is 1. The number of pyridine rings is 1. The Balaban J connectivity index is 2.40. The number of hydrogen-bond acceptors (Lipinski definition) is 3. The van der Waals surface area contributed by atoms with Crippen LogP contribution < -0.4 is 10.9 Å². The zero-order valence-corrected chi connectivity index (χ0v) is 8.35. The van der Waals surface area contributed by atoms with Gasteiger partial charge in [0.15, 0.2) is 0 Å². The predicted molar refractivity (Wildman–Crippen MR) is 55.4 cm³/mol. The summed E-state index contributed by atoms with van der Waals surface area (Å²) in [7, 11) is 0. The SMILES string of the molecule is O=C(CCn1ccccc1=O)NCCO. The van der Waals surface area contributed by atoms with Gasteiger partial charge < -0.3 is 15.0 Å². The van der Waals surface area contributed by atoms with Crippen molar-refractivity contribution in [3.63, 3.8) is 0 Å². The molecule has 1 amide bonds. The van der Waals surface area contributed by atoms with Gasteiger partial charge in [-0.3, -0.25) is 9.59 Å². The minimum atomic E-state index is -0.167. The molecule has 0 radical (unpaired) electrons. The predicted octanol–water partition coefficient (Wildman–Crippen LogP) is -0.653. The summed E-state index contributed by atoms with van der Waals surface area (Å²) >= 11 is 0. The maximum Gasteiger partial charge on any atom is 0.250 e. The van der Waals surface area contributed by atoms with E-state index in [4.69, 9.17) is 5.11 Å². The molecule has 0 spiro atoms. The third kappa shape index (κ3) is 3.95. The minimum Gasteiger partial charge on any atom is -0.395 e. The molecule has 0 atom stereocenters. The van der Waals surface area contributed by atoms with Gasteiger partial charge in [-0.15, -0.1) is 0 Å². The number of aryl methyl sites for hydroxylation is 1. The van der Waals surface area contributed by atoms with Crippen molar-refractivity contribution in [2.24, 2.45) is 0 Å². The lowest BCUT2D eigenvalue weighted by Gasteiger charge is -2.05. The van der Waals surface area contributed by atoms with Crippen LogP contribution in [0.25, 0.3) is 0 Å². The molecule has 15 heavy (non-hydrogen) atoms. The highest BCUT2D eigenvalue weighted by molar-refractivity contribution is 5.75. The lowest BCUT2D eigenvalue weighted by molar-refractivity contribution is -0.121. The van der Waals surface area contributed by atoms with Crippen LogP contribution in [-0.4, -0.2) is 28.7 Å². The van der Waals surface area contributed by atoms with Crippen molar-refractivity contribution in [2.45, 2.75) is 13.0 Å². The summed E-state index contributed by atoms with van der Waals surface area (Å²) in [5.74, 6) is -0.167. The van der Waals surface area contributed by atoms with Crippen LogP contribution in [0.1, 0.15) is 6.42 Å². The number of carbonyl (C=O) groups excluding carboxylic acids is 1. The molecule has 0 bridgehead atoms. The second kappa shape index (κ2) is 5.98. The molecule has 0 aliphatic rings. The van der Waals surface area contributed by atoms with Gasteiger partial charge in [0.1, 0.15) is 0 Å². The molecule has 0 unspecified atom stereocenters. The van der Waals surface area contributed by atoms with E-state index in [1.807, 2.05) is 0 Å². The standard InChI is InChI=1S/C10H14N2O3/c13-8-5-11-9(14)4-7-12-6-2-1-3-10(12)15/h1-3,6,13H,4-5,7-8H2,(H,11,14). The Morgan fingerprint density at radius 3 is 2.93 bits per heavy atom. The van der Waals surface area contributed by atoms with Crippen LogP contribution in [0.15, 0.2) is 29.2 Å². The van der Waals surface area contributed by atoms with Crippen molar-refractivity contribution in [3.8, 4) is 0 Å². The molecule has 0 aromatic carbocycles. The second-order valence-corrected chi connectivity index (χ2v) is 3.06. The molecule has 2 N–H and O–H groups in total. The van der Waals surface area contributed by atoms with Gasteiger partial charge in [-0.05, 0) is 6.07 Å². The molecule has 5 nitrogen and oxygen atoms in total. The highest BCUT2D eigenvalue weighted by Crippen LogP contribution is 1.87. The average molecular weight is 210 g/mol. The average Bonchev–Trinajstić information content (AvgIpc) is 2.25. The van der Waals surface area contributed by atoms with Gasteiger partial charge in [-0.25, -0.2) is 0 Å². The Hall–Kier alpha value is -1.62. The van der Waals surface area contributed by atoms with E-state index in [1.54, 1.807) is 18.3 Å². The summed E-state index contributed by atoms with van der Waals surface area (Å²) in [4.78, 5) is 22.4. The Labute approximate surface area is 87.4 Å². The quantitative estimate of drug-likeness (QED) is 0.678. The number of amides is 1. The normalized spacial score (nSPS) is 9.93. The summed E-state index contributed by atoms with van der Waals surface area (Å²) in [5.41, 5.74) is -0.118. The third-order valence-corrected chi connectivity index (χ3v) is 1.91. The number of nitrogens with one attached hydrogen (secondary N) is 1. The van der Waals surface area contributed by atoms with Gasteiger partial charge in [-0.2, -0.15) is 0 Å². The Kier molecular flexibility index (Phi) is 4.56. The summed E-state index contributed by atoms with van der Waals surface area (Å²) in [6.45, 7) is 0.538. The molecule has 5 heteroatoms. The summed E-state index contributed by atoms with van der Waals surface area (Å²) in [6, 6.07) is 4.85. The summed E-state index contributed by atoms with van der Waals surface area (Å²) < 4.78 is 1.47. The molecule has 0 aliphatic carbocycles. The molecular formula is C10H14N2O3. The van der Waals surface area contributed by atoms with E-state index in [0.29, 0.717) is 6.54 Å². The third-order valence-electron chi connectivity index (χ3n) is 1.91. The lowest BCUT2D eigenvalue weighted by atomic mass is 10.3. The van der Waals surface area contributed by atoms with Gasteiger partial charge in [-0.1, -0.05) is 6.07 Å².